The Labute approximate surface area is 116 Å². The van der Waals surface area contributed by atoms with Crippen molar-refractivity contribution in [1.82, 2.24) is 10.3 Å². The lowest BCUT2D eigenvalue weighted by molar-refractivity contribution is -0.121. The Morgan fingerprint density at radius 1 is 1.47 bits per heavy atom. The summed E-state index contributed by atoms with van der Waals surface area (Å²) >= 11 is 1.08. The van der Waals surface area contributed by atoms with Gasteiger partial charge in [0.05, 0.1) is 5.69 Å². The van der Waals surface area contributed by atoms with E-state index < -0.39 is 5.97 Å². The zero-order chi connectivity index (χ0) is 14.4. The topological polar surface area (TPSA) is 91.3 Å². The number of aromatic carboxylic acids is 1. The number of carboxylic acid groups (broad SMARTS) is 1. The van der Waals surface area contributed by atoms with Crippen molar-refractivity contribution in [1.29, 1.82) is 0 Å². The van der Waals surface area contributed by atoms with Crippen LogP contribution in [-0.4, -0.2) is 34.6 Å². The van der Waals surface area contributed by atoms with Crippen LogP contribution in [0.25, 0.3) is 0 Å². The summed E-state index contributed by atoms with van der Waals surface area (Å²) in [6.45, 7) is 6.05. The van der Waals surface area contributed by atoms with Crippen molar-refractivity contribution < 1.29 is 14.7 Å². The van der Waals surface area contributed by atoms with Crippen LogP contribution in [0.2, 0.25) is 0 Å². The summed E-state index contributed by atoms with van der Waals surface area (Å²) in [5.41, 5.74) is 0.490. The fourth-order valence-electron chi connectivity index (χ4n) is 1.40. The minimum atomic E-state index is -0.974. The molecule has 0 saturated heterocycles. The number of carbonyl (C=O) groups excluding carboxylic acids is 1. The van der Waals surface area contributed by atoms with Crippen molar-refractivity contribution in [3.05, 3.63) is 10.6 Å². The van der Waals surface area contributed by atoms with Gasteiger partial charge in [0.25, 0.3) is 0 Å². The Morgan fingerprint density at radius 2 is 2.16 bits per heavy atom. The first-order chi connectivity index (χ1) is 8.93. The van der Waals surface area contributed by atoms with E-state index in [4.69, 9.17) is 5.11 Å². The number of anilines is 1. The molecule has 19 heavy (non-hydrogen) atoms. The fraction of sp³-hybridized carbons (Fsp3) is 0.583. The molecule has 1 atom stereocenters. The van der Waals surface area contributed by atoms with Crippen LogP contribution < -0.4 is 10.6 Å². The first-order valence-corrected chi connectivity index (χ1v) is 6.99. The number of carbonyl (C=O) groups is 2. The predicted octanol–water partition coefficient (Wildman–Crippen LogP) is 1.87. The molecule has 0 aliphatic carbocycles. The molecule has 0 fully saturated rings. The Hall–Kier alpha value is -1.63. The third kappa shape index (κ3) is 4.86. The first-order valence-electron chi connectivity index (χ1n) is 6.18. The van der Waals surface area contributed by atoms with E-state index in [1.807, 2.05) is 13.8 Å². The second-order valence-corrected chi connectivity index (χ2v) is 5.29. The van der Waals surface area contributed by atoms with Gasteiger partial charge in [0.2, 0.25) is 5.91 Å². The number of hydrogen-bond donors (Lipinski definition) is 3. The number of amides is 1. The summed E-state index contributed by atoms with van der Waals surface area (Å²) in [5.74, 6) is -0.994. The van der Waals surface area contributed by atoms with Crippen LogP contribution in [0, 0.1) is 6.92 Å². The maximum atomic E-state index is 11.5. The number of rotatable bonds is 7. The van der Waals surface area contributed by atoms with E-state index in [2.05, 4.69) is 15.6 Å². The van der Waals surface area contributed by atoms with Crippen LogP contribution in [0.1, 0.15) is 42.1 Å². The molecular weight excluding hydrogens is 266 g/mol. The molecule has 106 valence electrons. The van der Waals surface area contributed by atoms with Gasteiger partial charge in [0, 0.05) is 19.0 Å². The Balaban J connectivity index is 2.39. The van der Waals surface area contributed by atoms with E-state index in [1.54, 1.807) is 6.92 Å². The van der Waals surface area contributed by atoms with E-state index in [-0.39, 0.29) is 16.8 Å². The molecule has 0 saturated carbocycles. The van der Waals surface area contributed by atoms with Gasteiger partial charge in [-0.15, -0.1) is 0 Å². The maximum absolute atomic E-state index is 11.5. The fourth-order valence-corrected chi connectivity index (χ4v) is 2.23. The summed E-state index contributed by atoms with van der Waals surface area (Å²) in [5, 5.41) is 15.3. The van der Waals surface area contributed by atoms with Gasteiger partial charge in [-0.2, -0.15) is 0 Å². The lowest BCUT2D eigenvalue weighted by Gasteiger charge is -2.11. The molecule has 1 aromatic heterocycles. The summed E-state index contributed by atoms with van der Waals surface area (Å²) < 4.78 is 0. The minimum Gasteiger partial charge on any atom is -0.477 e. The quantitative estimate of drug-likeness (QED) is 0.711. The first kappa shape index (κ1) is 15.4. The van der Waals surface area contributed by atoms with Gasteiger partial charge in [-0.3, -0.25) is 4.79 Å². The highest BCUT2D eigenvalue weighted by Crippen LogP contribution is 2.22. The van der Waals surface area contributed by atoms with Crippen LogP contribution in [0.4, 0.5) is 5.13 Å². The van der Waals surface area contributed by atoms with Gasteiger partial charge in [0.15, 0.2) is 5.13 Å². The van der Waals surface area contributed by atoms with E-state index in [0.29, 0.717) is 23.8 Å². The van der Waals surface area contributed by atoms with Crippen LogP contribution in [0.5, 0.6) is 0 Å². The molecular formula is C12H19N3O3S. The third-order valence-electron chi connectivity index (χ3n) is 2.64. The van der Waals surface area contributed by atoms with E-state index >= 15 is 0 Å². The van der Waals surface area contributed by atoms with Gasteiger partial charge >= 0.3 is 5.97 Å². The van der Waals surface area contributed by atoms with Crippen LogP contribution in [-0.2, 0) is 4.79 Å². The van der Waals surface area contributed by atoms with Crippen molar-refractivity contribution >= 4 is 28.3 Å². The Kier molecular flexibility index (Phi) is 5.75. The van der Waals surface area contributed by atoms with Crippen LogP contribution in [0.3, 0.4) is 0 Å². The highest BCUT2D eigenvalue weighted by Gasteiger charge is 2.13. The molecule has 0 aliphatic rings. The average Bonchev–Trinajstić information content (AvgIpc) is 2.70. The lowest BCUT2D eigenvalue weighted by Crippen LogP contribution is -2.32. The number of nitrogens with one attached hydrogen (secondary N) is 2. The molecule has 1 heterocycles. The molecule has 6 nitrogen and oxygen atoms in total. The highest BCUT2D eigenvalue weighted by molar-refractivity contribution is 7.17. The summed E-state index contributed by atoms with van der Waals surface area (Å²) in [6, 6.07) is 0.174. The van der Waals surface area contributed by atoms with E-state index in [1.165, 1.54) is 0 Å². The van der Waals surface area contributed by atoms with Crippen molar-refractivity contribution in [2.45, 2.75) is 39.7 Å². The molecule has 1 unspecified atom stereocenters. The second kappa shape index (κ2) is 7.08. The number of thiazole rings is 1. The van der Waals surface area contributed by atoms with Crippen molar-refractivity contribution in [3.8, 4) is 0 Å². The molecule has 0 radical (unpaired) electrons. The minimum absolute atomic E-state index is 0.0198. The molecule has 3 N–H and O–H groups in total. The van der Waals surface area contributed by atoms with Gasteiger partial charge in [-0.05, 0) is 20.3 Å². The number of nitrogens with zero attached hydrogens (tertiary/aromatic N) is 1. The standard InChI is InChI=1S/C12H19N3O3S/c1-4-7(2)14-9(16)5-6-13-12-15-8(3)10(19-12)11(17)18/h7H,4-6H2,1-3H3,(H,13,15)(H,14,16)(H,17,18). The van der Waals surface area contributed by atoms with Gasteiger partial charge in [-0.1, -0.05) is 18.3 Å². The Morgan fingerprint density at radius 3 is 2.68 bits per heavy atom. The molecule has 7 heteroatoms. The molecule has 0 bridgehead atoms. The van der Waals surface area contributed by atoms with Gasteiger partial charge in [0.1, 0.15) is 4.88 Å². The van der Waals surface area contributed by atoms with Crippen molar-refractivity contribution in [2.24, 2.45) is 0 Å². The SMILES string of the molecule is CCC(C)NC(=O)CCNc1nc(C)c(C(=O)O)s1. The summed E-state index contributed by atoms with van der Waals surface area (Å²) in [7, 11) is 0. The number of hydrogen-bond acceptors (Lipinski definition) is 5. The maximum Gasteiger partial charge on any atom is 0.347 e. The van der Waals surface area contributed by atoms with Crippen molar-refractivity contribution in [2.75, 3.05) is 11.9 Å². The number of aryl methyl sites for hydroxylation is 1. The summed E-state index contributed by atoms with van der Waals surface area (Å²) in [4.78, 5) is 26.7. The number of aromatic nitrogens is 1. The van der Waals surface area contributed by atoms with E-state index in [0.717, 1.165) is 17.8 Å². The van der Waals surface area contributed by atoms with Crippen molar-refractivity contribution in [3.63, 3.8) is 0 Å². The molecule has 0 aromatic carbocycles. The molecule has 1 amide bonds. The normalized spacial score (nSPS) is 11.9. The van der Waals surface area contributed by atoms with Crippen LogP contribution in [0.15, 0.2) is 0 Å². The monoisotopic (exact) mass is 285 g/mol. The lowest BCUT2D eigenvalue weighted by atomic mass is 10.2. The largest absolute Gasteiger partial charge is 0.477 e. The zero-order valence-electron chi connectivity index (χ0n) is 11.3. The molecule has 0 spiro atoms. The smallest absolute Gasteiger partial charge is 0.347 e. The average molecular weight is 285 g/mol. The molecule has 0 aliphatic heterocycles. The van der Waals surface area contributed by atoms with E-state index in [9.17, 15) is 9.59 Å². The summed E-state index contributed by atoms with van der Waals surface area (Å²) in [6.07, 6.45) is 1.23. The number of carboxylic acids is 1. The van der Waals surface area contributed by atoms with Gasteiger partial charge in [-0.25, -0.2) is 9.78 Å². The molecule has 1 rings (SSSR count). The second-order valence-electron chi connectivity index (χ2n) is 4.29. The third-order valence-corrected chi connectivity index (χ3v) is 3.74. The van der Waals surface area contributed by atoms with Gasteiger partial charge < -0.3 is 15.7 Å². The Bertz CT molecular complexity index is 459. The zero-order valence-corrected chi connectivity index (χ0v) is 12.1. The highest BCUT2D eigenvalue weighted by atomic mass is 32.1. The predicted molar refractivity (Wildman–Crippen MR) is 74.8 cm³/mol. The molecule has 1 aromatic rings. The van der Waals surface area contributed by atoms with Crippen LogP contribution >= 0.6 is 11.3 Å².